The Morgan fingerprint density at radius 3 is 2.70 bits per heavy atom. The van der Waals surface area contributed by atoms with Gasteiger partial charge < -0.3 is 5.32 Å². The first kappa shape index (κ1) is 15.7. The van der Waals surface area contributed by atoms with Crippen molar-refractivity contribution < 1.29 is 13.2 Å². The lowest BCUT2D eigenvalue weighted by atomic mass is 10.0. The zero-order valence-electron chi connectivity index (χ0n) is 12.6. The number of H-pyrrole nitrogens is 1. The van der Waals surface area contributed by atoms with Crippen LogP contribution in [0.3, 0.4) is 0 Å². The van der Waals surface area contributed by atoms with Crippen molar-refractivity contribution in [1.29, 1.82) is 0 Å². The second kappa shape index (κ2) is 5.45. The first-order valence-electron chi connectivity index (χ1n) is 7.26. The van der Waals surface area contributed by atoms with E-state index in [0.29, 0.717) is 22.9 Å². The number of sulfone groups is 1. The Bertz CT molecular complexity index is 935. The Morgan fingerprint density at radius 2 is 2.04 bits per heavy atom. The van der Waals surface area contributed by atoms with Gasteiger partial charge in [0.2, 0.25) is 5.91 Å². The molecule has 0 saturated carbocycles. The van der Waals surface area contributed by atoms with Crippen LogP contribution < -0.4 is 10.9 Å². The number of aromatic nitrogens is 2. The number of carbonyl (C=O) groups excluding carboxylic acids is 1. The molecule has 122 valence electrons. The van der Waals surface area contributed by atoms with Crippen LogP contribution in [-0.2, 0) is 21.1 Å². The summed E-state index contributed by atoms with van der Waals surface area (Å²) < 4.78 is 23.2. The summed E-state index contributed by atoms with van der Waals surface area (Å²) in [5, 5.41) is 10.2. The lowest BCUT2D eigenvalue weighted by molar-refractivity contribution is -0.122. The number of fused-ring (bicyclic) bond motifs is 1. The van der Waals surface area contributed by atoms with Gasteiger partial charge in [0.05, 0.1) is 34.5 Å². The smallest absolute Gasteiger partial charge is 0.272 e. The van der Waals surface area contributed by atoms with Gasteiger partial charge >= 0.3 is 0 Å². The van der Waals surface area contributed by atoms with E-state index >= 15 is 0 Å². The van der Waals surface area contributed by atoms with Crippen LogP contribution in [0.1, 0.15) is 19.0 Å². The molecule has 2 N–H and O–H groups in total. The number of aromatic amines is 1. The molecule has 1 atom stereocenters. The molecule has 2 heterocycles. The second-order valence-corrected chi connectivity index (χ2v) is 8.36. The van der Waals surface area contributed by atoms with Crippen LogP contribution in [-0.4, -0.2) is 41.6 Å². The maximum Gasteiger partial charge on any atom is 0.272 e. The Balaban J connectivity index is 1.82. The number of hydrogen-bond donors (Lipinski definition) is 2. The normalized spacial score (nSPS) is 23.0. The van der Waals surface area contributed by atoms with Crippen LogP contribution in [0.2, 0.25) is 0 Å². The predicted molar refractivity (Wildman–Crippen MR) is 85.9 cm³/mol. The number of benzene rings is 1. The highest BCUT2D eigenvalue weighted by Crippen LogP contribution is 2.23. The van der Waals surface area contributed by atoms with Crippen LogP contribution >= 0.6 is 0 Å². The molecule has 23 heavy (non-hydrogen) atoms. The summed E-state index contributed by atoms with van der Waals surface area (Å²) in [5.74, 6) is -0.274. The summed E-state index contributed by atoms with van der Waals surface area (Å²) in [5.41, 5.74) is -0.589. The van der Waals surface area contributed by atoms with E-state index in [9.17, 15) is 18.0 Å². The molecule has 1 aromatic heterocycles. The van der Waals surface area contributed by atoms with Crippen LogP contribution in [0.15, 0.2) is 29.1 Å². The van der Waals surface area contributed by atoms with E-state index in [1.165, 1.54) is 0 Å². The first-order chi connectivity index (χ1) is 10.8. The van der Waals surface area contributed by atoms with E-state index in [1.807, 2.05) is 0 Å². The fraction of sp³-hybridized carbons (Fsp3) is 0.400. The molecule has 0 bridgehead atoms. The zero-order valence-corrected chi connectivity index (χ0v) is 13.4. The topological polar surface area (TPSA) is 109 Å². The highest BCUT2D eigenvalue weighted by Gasteiger charge is 2.39. The fourth-order valence-corrected chi connectivity index (χ4v) is 5.04. The van der Waals surface area contributed by atoms with E-state index in [-0.39, 0.29) is 29.4 Å². The van der Waals surface area contributed by atoms with Crippen molar-refractivity contribution in [2.75, 3.05) is 11.5 Å². The summed E-state index contributed by atoms with van der Waals surface area (Å²) in [4.78, 5) is 24.0. The van der Waals surface area contributed by atoms with Gasteiger partial charge in [0.15, 0.2) is 9.84 Å². The molecule has 1 aliphatic heterocycles. The van der Waals surface area contributed by atoms with Crippen LogP contribution in [0, 0.1) is 0 Å². The molecule has 8 heteroatoms. The summed E-state index contributed by atoms with van der Waals surface area (Å²) in [6.07, 6.45) is 0.383. The van der Waals surface area contributed by atoms with Gasteiger partial charge in [0.1, 0.15) is 0 Å². The van der Waals surface area contributed by atoms with Gasteiger partial charge in [0.25, 0.3) is 5.56 Å². The molecule has 1 saturated heterocycles. The maximum absolute atomic E-state index is 12.3. The monoisotopic (exact) mass is 335 g/mol. The van der Waals surface area contributed by atoms with Crippen molar-refractivity contribution in [3.8, 4) is 0 Å². The van der Waals surface area contributed by atoms with Gasteiger partial charge in [-0.25, -0.2) is 13.5 Å². The molecule has 0 spiro atoms. The molecule has 0 aliphatic carbocycles. The first-order valence-corrected chi connectivity index (χ1v) is 9.08. The van der Waals surface area contributed by atoms with Gasteiger partial charge in [-0.15, -0.1) is 0 Å². The summed E-state index contributed by atoms with van der Waals surface area (Å²) >= 11 is 0. The lowest BCUT2D eigenvalue weighted by Crippen LogP contribution is -2.47. The molecular weight excluding hydrogens is 318 g/mol. The third-order valence-corrected chi connectivity index (χ3v) is 5.95. The number of amides is 1. The maximum atomic E-state index is 12.3. The minimum atomic E-state index is -3.09. The summed E-state index contributed by atoms with van der Waals surface area (Å²) in [6, 6.07) is 6.92. The van der Waals surface area contributed by atoms with Crippen molar-refractivity contribution in [3.05, 3.63) is 40.3 Å². The molecule has 3 rings (SSSR count). The average Bonchev–Trinajstić information content (AvgIpc) is 2.75. The Morgan fingerprint density at radius 1 is 1.35 bits per heavy atom. The third-order valence-electron chi connectivity index (χ3n) is 4.05. The van der Waals surface area contributed by atoms with Gasteiger partial charge in [-0.1, -0.05) is 18.2 Å². The number of rotatable bonds is 3. The Labute approximate surface area is 133 Å². The molecular formula is C15H17N3O4S. The summed E-state index contributed by atoms with van der Waals surface area (Å²) in [7, 11) is -3.09. The minimum absolute atomic E-state index is 0.0209. The molecule has 7 nitrogen and oxygen atoms in total. The Kier molecular flexibility index (Phi) is 3.71. The number of nitrogens with one attached hydrogen (secondary N) is 2. The average molecular weight is 335 g/mol. The molecule has 0 radical (unpaired) electrons. The van der Waals surface area contributed by atoms with Gasteiger partial charge in [-0.05, 0) is 19.4 Å². The van der Waals surface area contributed by atoms with Crippen molar-refractivity contribution in [2.24, 2.45) is 0 Å². The van der Waals surface area contributed by atoms with Crippen LogP contribution in [0.5, 0.6) is 0 Å². The number of carbonyl (C=O) groups is 1. The standard InChI is InChI=1S/C15H17N3O4S/c1-15(6-7-23(21,22)9-15)16-13(19)8-12-10-4-2-3-5-11(10)14(20)18-17-12/h2-5H,6-9H2,1H3,(H,16,19)(H,18,20). The van der Waals surface area contributed by atoms with Gasteiger partial charge in [0, 0.05) is 5.39 Å². The van der Waals surface area contributed by atoms with E-state index in [0.717, 1.165) is 0 Å². The molecule has 1 fully saturated rings. The summed E-state index contributed by atoms with van der Waals surface area (Å²) in [6.45, 7) is 1.73. The molecule has 1 aliphatic rings. The van der Waals surface area contributed by atoms with E-state index in [1.54, 1.807) is 31.2 Å². The quantitative estimate of drug-likeness (QED) is 0.830. The van der Waals surface area contributed by atoms with Crippen LogP contribution in [0.4, 0.5) is 0 Å². The highest BCUT2D eigenvalue weighted by molar-refractivity contribution is 7.91. The molecule has 1 aromatic carbocycles. The number of hydrogen-bond acceptors (Lipinski definition) is 5. The van der Waals surface area contributed by atoms with E-state index in [4.69, 9.17) is 0 Å². The molecule has 1 unspecified atom stereocenters. The SMILES string of the molecule is CC1(NC(=O)Cc2n[nH]c(=O)c3ccccc23)CCS(=O)(=O)C1. The van der Waals surface area contributed by atoms with Crippen molar-refractivity contribution in [2.45, 2.75) is 25.3 Å². The van der Waals surface area contributed by atoms with Crippen molar-refractivity contribution in [3.63, 3.8) is 0 Å². The Hall–Kier alpha value is -2.22. The van der Waals surface area contributed by atoms with E-state index in [2.05, 4.69) is 15.5 Å². The molecule has 1 amide bonds. The highest BCUT2D eigenvalue weighted by atomic mass is 32.2. The van der Waals surface area contributed by atoms with Gasteiger partial charge in [-0.3, -0.25) is 9.59 Å². The largest absolute Gasteiger partial charge is 0.350 e. The van der Waals surface area contributed by atoms with Crippen molar-refractivity contribution in [1.82, 2.24) is 15.5 Å². The van der Waals surface area contributed by atoms with Crippen molar-refractivity contribution >= 4 is 26.5 Å². The minimum Gasteiger partial charge on any atom is -0.350 e. The van der Waals surface area contributed by atoms with E-state index < -0.39 is 15.4 Å². The van der Waals surface area contributed by atoms with Gasteiger partial charge in [-0.2, -0.15) is 5.10 Å². The third kappa shape index (κ3) is 3.26. The number of nitrogens with zero attached hydrogens (tertiary/aromatic N) is 1. The lowest BCUT2D eigenvalue weighted by Gasteiger charge is -2.23. The molecule has 2 aromatic rings. The fourth-order valence-electron chi connectivity index (χ4n) is 2.95. The predicted octanol–water partition coefficient (Wildman–Crippen LogP) is 0.159. The second-order valence-electron chi connectivity index (χ2n) is 6.17. The zero-order chi connectivity index (χ0) is 16.7. The van der Waals surface area contributed by atoms with Crippen LogP contribution in [0.25, 0.3) is 10.8 Å².